The smallest absolute Gasteiger partial charge is 0.238 e. The van der Waals surface area contributed by atoms with E-state index in [9.17, 15) is 0 Å². The predicted octanol–water partition coefficient (Wildman–Crippen LogP) is 4.73. The number of hydrogen-bond acceptors (Lipinski definition) is 2. The summed E-state index contributed by atoms with van der Waals surface area (Å²) in [5, 5.41) is 0. The number of fused-ring (bicyclic) bond motifs is 2. The highest BCUT2D eigenvalue weighted by Crippen LogP contribution is 2.59. The molecule has 2 aliphatic heterocycles. The number of ether oxygens (including phenoxy) is 2. The van der Waals surface area contributed by atoms with Crippen LogP contribution in [0.1, 0.15) is 30.9 Å². The normalized spacial score (nSPS) is 33.5. The Hall–Kier alpha value is -2.06. The van der Waals surface area contributed by atoms with Crippen molar-refractivity contribution < 1.29 is 9.47 Å². The van der Waals surface area contributed by atoms with E-state index < -0.39 is 11.4 Å². The summed E-state index contributed by atoms with van der Waals surface area (Å²) in [6.45, 7) is 6.47. The Labute approximate surface area is 131 Å². The van der Waals surface area contributed by atoms with Gasteiger partial charge in [-0.05, 0) is 17.9 Å². The fraction of sp³-hybridized carbons (Fsp3) is 0.300. The van der Waals surface area contributed by atoms with Gasteiger partial charge in [-0.15, -0.1) is 0 Å². The van der Waals surface area contributed by atoms with E-state index in [0.29, 0.717) is 5.92 Å². The van der Waals surface area contributed by atoms with Crippen molar-refractivity contribution in [1.82, 2.24) is 0 Å². The molecule has 2 aromatic carbocycles. The Morgan fingerprint density at radius 1 is 0.909 bits per heavy atom. The number of benzene rings is 2. The molecule has 2 saturated heterocycles. The second-order valence-corrected chi connectivity index (χ2v) is 6.45. The molecular formula is C20H20O2. The molecule has 0 aliphatic carbocycles. The second-order valence-electron chi connectivity index (χ2n) is 6.45. The highest BCUT2D eigenvalue weighted by atomic mass is 16.8. The number of hydrogen-bond donors (Lipinski definition) is 0. The summed E-state index contributed by atoms with van der Waals surface area (Å²) in [6.07, 6.45) is 1.76. The van der Waals surface area contributed by atoms with Gasteiger partial charge in [0.15, 0.2) is 5.60 Å². The van der Waals surface area contributed by atoms with Crippen LogP contribution >= 0.6 is 0 Å². The van der Waals surface area contributed by atoms with Crippen molar-refractivity contribution in [3.63, 3.8) is 0 Å². The molecule has 0 N–H and O–H groups in total. The molecule has 0 radical (unpaired) electrons. The lowest BCUT2D eigenvalue weighted by atomic mass is 9.79. The van der Waals surface area contributed by atoms with Gasteiger partial charge in [0.25, 0.3) is 0 Å². The van der Waals surface area contributed by atoms with E-state index >= 15 is 0 Å². The topological polar surface area (TPSA) is 18.5 Å². The molecular weight excluding hydrogens is 272 g/mol. The Morgan fingerprint density at radius 2 is 1.50 bits per heavy atom. The maximum Gasteiger partial charge on any atom is 0.238 e. The van der Waals surface area contributed by atoms with Crippen molar-refractivity contribution >= 4 is 0 Å². The summed E-state index contributed by atoms with van der Waals surface area (Å²) in [5.74, 6) is 0.520. The molecule has 112 valence electrons. The molecule has 2 heterocycles. The van der Waals surface area contributed by atoms with Crippen LogP contribution in [0.3, 0.4) is 0 Å². The van der Waals surface area contributed by atoms with Crippen molar-refractivity contribution in [3.05, 3.63) is 84.1 Å². The third-order valence-corrected chi connectivity index (χ3v) is 4.78. The van der Waals surface area contributed by atoms with E-state index in [2.05, 4.69) is 37.8 Å². The molecule has 0 amide bonds. The summed E-state index contributed by atoms with van der Waals surface area (Å²) in [7, 11) is 0. The molecule has 2 aliphatic rings. The van der Waals surface area contributed by atoms with Crippen LogP contribution in [0.15, 0.2) is 73.0 Å². The van der Waals surface area contributed by atoms with Crippen molar-refractivity contribution in [3.8, 4) is 0 Å². The first-order chi connectivity index (χ1) is 10.6. The van der Waals surface area contributed by atoms with Crippen LogP contribution in [0.5, 0.6) is 0 Å². The third-order valence-electron chi connectivity index (χ3n) is 4.78. The summed E-state index contributed by atoms with van der Waals surface area (Å²) in [6, 6.07) is 20.5. The second kappa shape index (κ2) is 4.72. The Morgan fingerprint density at radius 3 is 2.14 bits per heavy atom. The van der Waals surface area contributed by atoms with E-state index in [4.69, 9.17) is 9.47 Å². The van der Waals surface area contributed by atoms with Crippen molar-refractivity contribution in [1.29, 1.82) is 0 Å². The van der Waals surface area contributed by atoms with Crippen molar-refractivity contribution in [2.75, 3.05) is 0 Å². The quantitative estimate of drug-likeness (QED) is 0.797. The van der Waals surface area contributed by atoms with Crippen LogP contribution in [-0.4, -0.2) is 0 Å². The van der Waals surface area contributed by atoms with Gasteiger partial charge in [0.05, 0.1) is 0 Å². The largest absolute Gasteiger partial charge is 0.459 e. The maximum atomic E-state index is 6.61. The molecule has 0 spiro atoms. The van der Waals surface area contributed by atoms with E-state index in [0.717, 1.165) is 29.7 Å². The third kappa shape index (κ3) is 1.84. The summed E-state index contributed by atoms with van der Waals surface area (Å²) < 4.78 is 12.9. The van der Waals surface area contributed by atoms with Crippen LogP contribution < -0.4 is 0 Å². The molecule has 2 bridgehead atoms. The highest BCUT2D eigenvalue weighted by Gasteiger charge is 2.60. The zero-order valence-electron chi connectivity index (χ0n) is 12.8. The Bertz CT molecular complexity index is 694. The van der Waals surface area contributed by atoms with E-state index in [-0.39, 0.29) is 0 Å². The minimum absolute atomic E-state index is 0.494. The molecule has 2 fully saturated rings. The Kier molecular flexibility index (Phi) is 2.92. The van der Waals surface area contributed by atoms with Gasteiger partial charge < -0.3 is 9.47 Å². The van der Waals surface area contributed by atoms with Gasteiger partial charge in [0.2, 0.25) is 5.79 Å². The van der Waals surface area contributed by atoms with E-state index in [1.54, 1.807) is 0 Å². The van der Waals surface area contributed by atoms with Gasteiger partial charge >= 0.3 is 0 Å². The zero-order valence-corrected chi connectivity index (χ0v) is 12.8. The fourth-order valence-electron chi connectivity index (χ4n) is 3.87. The molecule has 4 rings (SSSR count). The molecule has 1 unspecified atom stereocenters. The average Bonchev–Trinajstić information content (AvgIpc) is 2.77. The molecule has 2 heteroatoms. The molecule has 22 heavy (non-hydrogen) atoms. The maximum absolute atomic E-state index is 6.61. The molecule has 0 saturated carbocycles. The summed E-state index contributed by atoms with van der Waals surface area (Å²) in [4.78, 5) is 0. The molecule has 0 aromatic heterocycles. The van der Waals surface area contributed by atoms with Crippen LogP contribution in [0.25, 0.3) is 0 Å². The standard InChI is InChI=1S/C20H20O2/c1-15-13-19(17-9-5-3-6-10-17)16(2)21-20(14-15,22-19)18-11-7-4-8-12-18/h3-12,15H,2,13-14H2,1H3/t15?,19-,20-/m0/s1. The van der Waals surface area contributed by atoms with E-state index in [1.807, 2.05) is 36.4 Å². The van der Waals surface area contributed by atoms with Gasteiger partial charge in [0.1, 0.15) is 5.76 Å². The molecule has 2 aromatic rings. The number of rotatable bonds is 2. The first-order valence-corrected chi connectivity index (χ1v) is 7.84. The fourth-order valence-corrected chi connectivity index (χ4v) is 3.87. The zero-order chi connectivity index (χ0) is 15.2. The van der Waals surface area contributed by atoms with Gasteiger partial charge in [0, 0.05) is 12.0 Å². The first kappa shape index (κ1) is 13.6. The summed E-state index contributed by atoms with van der Waals surface area (Å²) >= 11 is 0. The van der Waals surface area contributed by atoms with Gasteiger partial charge in [-0.2, -0.15) is 0 Å². The highest BCUT2D eigenvalue weighted by molar-refractivity contribution is 5.36. The van der Waals surface area contributed by atoms with E-state index in [1.165, 1.54) is 0 Å². The summed E-state index contributed by atoms with van der Waals surface area (Å²) in [5.41, 5.74) is 1.67. The molecule has 3 atom stereocenters. The molecule has 2 nitrogen and oxygen atoms in total. The minimum atomic E-state index is -0.703. The lowest BCUT2D eigenvalue weighted by Gasteiger charge is -2.40. The lowest BCUT2D eigenvalue weighted by Crippen LogP contribution is -2.40. The Balaban J connectivity index is 1.84. The van der Waals surface area contributed by atoms with Crippen LogP contribution in [0, 0.1) is 5.92 Å². The minimum Gasteiger partial charge on any atom is -0.459 e. The monoisotopic (exact) mass is 292 g/mol. The van der Waals surface area contributed by atoms with Crippen molar-refractivity contribution in [2.24, 2.45) is 5.92 Å². The lowest BCUT2D eigenvalue weighted by molar-refractivity contribution is -0.234. The van der Waals surface area contributed by atoms with Crippen LogP contribution in [0.4, 0.5) is 0 Å². The first-order valence-electron chi connectivity index (χ1n) is 7.84. The van der Waals surface area contributed by atoms with Gasteiger partial charge in [-0.3, -0.25) is 0 Å². The van der Waals surface area contributed by atoms with Crippen molar-refractivity contribution in [2.45, 2.75) is 31.2 Å². The predicted molar refractivity (Wildman–Crippen MR) is 85.9 cm³/mol. The van der Waals surface area contributed by atoms with Crippen LogP contribution in [0.2, 0.25) is 0 Å². The van der Waals surface area contributed by atoms with Crippen LogP contribution in [-0.2, 0) is 20.9 Å². The SMILES string of the molecule is C=C1O[C@@]2(c3ccccc3)CC(C)C[C@]1(c1ccccc1)O2. The average molecular weight is 292 g/mol. The van der Waals surface area contributed by atoms with Gasteiger partial charge in [-0.1, -0.05) is 74.2 Å². The van der Waals surface area contributed by atoms with Gasteiger partial charge in [-0.25, -0.2) is 0 Å².